The standard InChI is InChI=1S/C19H23NO/c21-19(14-20-18-8-2-1-3-9-18)13-15-10-11-16-6-4-5-7-17(16)12-15/h4-7,10-12,18,20H,1-3,8-9,13-14H2. The van der Waals surface area contributed by atoms with E-state index in [1.165, 1.54) is 42.9 Å². The third-order valence-corrected chi connectivity index (χ3v) is 4.41. The average molecular weight is 281 g/mol. The van der Waals surface area contributed by atoms with E-state index in [4.69, 9.17) is 0 Å². The molecule has 0 bridgehead atoms. The number of carbonyl (C=O) groups excluding carboxylic acids is 1. The number of hydrogen-bond donors (Lipinski definition) is 1. The molecule has 0 aromatic heterocycles. The fourth-order valence-electron chi connectivity index (χ4n) is 3.20. The lowest BCUT2D eigenvalue weighted by Gasteiger charge is -2.22. The van der Waals surface area contributed by atoms with Gasteiger partial charge in [0.25, 0.3) is 0 Å². The molecule has 0 unspecified atom stereocenters. The van der Waals surface area contributed by atoms with Crippen LogP contribution in [-0.2, 0) is 11.2 Å². The molecule has 21 heavy (non-hydrogen) atoms. The highest BCUT2D eigenvalue weighted by molar-refractivity contribution is 5.86. The van der Waals surface area contributed by atoms with Gasteiger partial charge < -0.3 is 5.32 Å². The predicted molar refractivity (Wildman–Crippen MR) is 87.5 cm³/mol. The molecule has 0 radical (unpaired) electrons. The van der Waals surface area contributed by atoms with Gasteiger partial charge in [-0.25, -0.2) is 0 Å². The Morgan fingerprint density at radius 3 is 2.57 bits per heavy atom. The molecule has 1 aliphatic rings. The fourth-order valence-corrected chi connectivity index (χ4v) is 3.20. The van der Waals surface area contributed by atoms with E-state index >= 15 is 0 Å². The minimum absolute atomic E-state index is 0.288. The minimum atomic E-state index is 0.288. The van der Waals surface area contributed by atoms with E-state index in [0.29, 0.717) is 19.0 Å². The lowest BCUT2D eigenvalue weighted by molar-refractivity contribution is -0.117. The maximum absolute atomic E-state index is 12.1. The van der Waals surface area contributed by atoms with Crippen molar-refractivity contribution < 1.29 is 4.79 Å². The molecule has 2 heteroatoms. The summed E-state index contributed by atoms with van der Waals surface area (Å²) in [6.45, 7) is 0.511. The van der Waals surface area contributed by atoms with Gasteiger partial charge in [-0.05, 0) is 29.2 Å². The largest absolute Gasteiger partial charge is 0.307 e. The molecule has 2 aromatic rings. The van der Waals surface area contributed by atoms with E-state index in [0.717, 1.165) is 5.56 Å². The molecule has 0 spiro atoms. The van der Waals surface area contributed by atoms with Crippen molar-refractivity contribution in [2.75, 3.05) is 6.54 Å². The van der Waals surface area contributed by atoms with Crippen LogP contribution in [0.15, 0.2) is 42.5 Å². The summed E-state index contributed by atoms with van der Waals surface area (Å²) in [7, 11) is 0. The first kappa shape index (κ1) is 14.3. The van der Waals surface area contributed by atoms with Crippen molar-refractivity contribution >= 4 is 16.6 Å². The molecule has 3 rings (SSSR count). The van der Waals surface area contributed by atoms with Crippen LogP contribution in [0.25, 0.3) is 10.8 Å². The summed E-state index contributed by atoms with van der Waals surface area (Å²) in [5.41, 5.74) is 1.11. The second kappa shape index (κ2) is 6.86. The van der Waals surface area contributed by atoms with Crippen molar-refractivity contribution in [1.29, 1.82) is 0 Å². The fraction of sp³-hybridized carbons (Fsp3) is 0.421. The molecule has 2 aromatic carbocycles. The summed E-state index contributed by atoms with van der Waals surface area (Å²) in [4.78, 5) is 12.1. The van der Waals surface area contributed by atoms with Gasteiger partial charge in [0.1, 0.15) is 0 Å². The van der Waals surface area contributed by atoms with Crippen LogP contribution in [0.2, 0.25) is 0 Å². The Kier molecular flexibility index (Phi) is 4.66. The molecular weight excluding hydrogens is 258 g/mol. The van der Waals surface area contributed by atoms with E-state index in [9.17, 15) is 4.79 Å². The van der Waals surface area contributed by atoms with Gasteiger partial charge in [0.2, 0.25) is 0 Å². The van der Waals surface area contributed by atoms with Crippen LogP contribution >= 0.6 is 0 Å². The van der Waals surface area contributed by atoms with Gasteiger partial charge in [-0.1, -0.05) is 61.7 Å². The third-order valence-electron chi connectivity index (χ3n) is 4.41. The number of nitrogens with one attached hydrogen (secondary N) is 1. The van der Waals surface area contributed by atoms with Gasteiger partial charge in [-0.15, -0.1) is 0 Å². The lowest BCUT2D eigenvalue weighted by Crippen LogP contribution is -2.35. The van der Waals surface area contributed by atoms with Crippen LogP contribution < -0.4 is 5.32 Å². The average Bonchev–Trinajstić information content (AvgIpc) is 2.54. The molecule has 0 heterocycles. The number of ketones is 1. The number of fused-ring (bicyclic) bond motifs is 1. The highest BCUT2D eigenvalue weighted by atomic mass is 16.1. The summed E-state index contributed by atoms with van der Waals surface area (Å²) >= 11 is 0. The van der Waals surface area contributed by atoms with Gasteiger partial charge in [0.05, 0.1) is 6.54 Å². The van der Waals surface area contributed by atoms with Crippen molar-refractivity contribution in [1.82, 2.24) is 5.32 Å². The van der Waals surface area contributed by atoms with Crippen molar-refractivity contribution in [3.05, 3.63) is 48.0 Å². The van der Waals surface area contributed by atoms with Crippen LogP contribution in [0.5, 0.6) is 0 Å². The summed E-state index contributed by atoms with van der Waals surface area (Å²) in [6.07, 6.45) is 6.94. The van der Waals surface area contributed by atoms with Crippen LogP contribution in [0.4, 0.5) is 0 Å². The molecule has 1 saturated carbocycles. The summed E-state index contributed by atoms with van der Waals surface area (Å²) in [6, 6.07) is 15.1. The molecule has 0 saturated heterocycles. The van der Waals surface area contributed by atoms with Crippen molar-refractivity contribution in [2.24, 2.45) is 0 Å². The minimum Gasteiger partial charge on any atom is -0.307 e. The molecule has 0 amide bonds. The molecule has 1 aliphatic carbocycles. The maximum Gasteiger partial charge on any atom is 0.150 e. The quantitative estimate of drug-likeness (QED) is 0.901. The van der Waals surface area contributed by atoms with E-state index in [-0.39, 0.29) is 5.78 Å². The van der Waals surface area contributed by atoms with Crippen molar-refractivity contribution in [3.8, 4) is 0 Å². The highest BCUT2D eigenvalue weighted by Crippen LogP contribution is 2.18. The Morgan fingerprint density at radius 2 is 1.76 bits per heavy atom. The zero-order chi connectivity index (χ0) is 14.5. The molecule has 1 fully saturated rings. The van der Waals surface area contributed by atoms with E-state index in [1.807, 2.05) is 12.1 Å². The van der Waals surface area contributed by atoms with Gasteiger partial charge in [-0.2, -0.15) is 0 Å². The second-order valence-electron chi connectivity index (χ2n) is 6.11. The van der Waals surface area contributed by atoms with Crippen LogP contribution in [-0.4, -0.2) is 18.4 Å². The molecular formula is C19H23NO. The van der Waals surface area contributed by atoms with Crippen LogP contribution in [0.1, 0.15) is 37.7 Å². The maximum atomic E-state index is 12.1. The number of rotatable bonds is 5. The molecule has 110 valence electrons. The zero-order valence-electron chi connectivity index (χ0n) is 12.5. The first-order chi connectivity index (χ1) is 10.3. The summed E-state index contributed by atoms with van der Waals surface area (Å²) in [5.74, 6) is 0.288. The van der Waals surface area contributed by atoms with E-state index in [1.54, 1.807) is 0 Å². The number of carbonyl (C=O) groups is 1. The number of benzene rings is 2. The lowest BCUT2D eigenvalue weighted by atomic mass is 9.95. The SMILES string of the molecule is O=C(CNC1CCCCC1)Cc1ccc2ccccc2c1. The van der Waals surface area contributed by atoms with Crippen LogP contribution in [0, 0.1) is 0 Å². The van der Waals surface area contributed by atoms with Gasteiger partial charge in [0.15, 0.2) is 5.78 Å². The summed E-state index contributed by atoms with van der Waals surface area (Å²) < 4.78 is 0. The topological polar surface area (TPSA) is 29.1 Å². The Balaban J connectivity index is 1.55. The zero-order valence-corrected chi connectivity index (χ0v) is 12.5. The molecule has 0 aliphatic heterocycles. The Bertz CT molecular complexity index is 614. The van der Waals surface area contributed by atoms with Crippen molar-refractivity contribution in [3.63, 3.8) is 0 Å². The smallest absolute Gasteiger partial charge is 0.150 e. The first-order valence-electron chi connectivity index (χ1n) is 8.04. The Hall–Kier alpha value is -1.67. The Labute approximate surface area is 126 Å². The van der Waals surface area contributed by atoms with Crippen molar-refractivity contribution in [2.45, 2.75) is 44.6 Å². The molecule has 0 atom stereocenters. The van der Waals surface area contributed by atoms with Gasteiger partial charge >= 0.3 is 0 Å². The summed E-state index contributed by atoms with van der Waals surface area (Å²) in [5, 5.41) is 5.87. The predicted octanol–water partition coefficient (Wildman–Crippen LogP) is 3.87. The number of hydrogen-bond acceptors (Lipinski definition) is 2. The second-order valence-corrected chi connectivity index (χ2v) is 6.11. The highest BCUT2D eigenvalue weighted by Gasteiger charge is 2.14. The monoisotopic (exact) mass is 281 g/mol. The normalized spacial score (nSPS) is 16.2. The number of Topliss-reactive ketones (excluding diaryl/α,β-unsaturated/α-hetero) is 1. The Morgan fingerprint density at radius 1 is 1.00 bits per heavy atom. The molecule has 2 nitrogen and oxygen atoms in total. The van der Waals surface area contributed by atoms with Crippen LogP contribution in [0.3, 0.4) is 0 Å². The van der Waals surface area contributed by atoms with Gasteiger partial charge in [-0.3, -0.25) is 4.79 Å². The molecule has 1 N–H and O–H groups in total. The third kappa shape index (κ3) is 3.92. The first-order valence-corrected chi connectivity index (χ1v) is 8.04. The van der Waals surface area contributed by atoms with E-state index in [2.05, 4.69) is 35.6 Å². The van der Waals surface area contributed by atoms with Gasteiger partial charge in [0, 0.05) is 12.5 Å². The van der Waals surface area contributed by atoms with E-state index < -0.39 is 0 Å².